The Morgan fingerprint density at radius 2 is 1.70 bits per heavy atom. The van der Waals surface area contributed by atoms with E-state index in [2.05, 4.69) is 14.9 Å². The molecule has 3 rings (SSSR count). The number of rotatable bonds is 7. The Hall–Kier alpha value is -2.71. The van der Waals surface area contributed by atoms with Crippen LogP contribution >= 0.6 is 0 Å². The third-order valence-electron chi connectivity index (χ3n) is 3.68. The second-order valence-electron chi connectivity index (χ2n) is 6.33. The van der Waals surface area contributed by atoms with Gasteiger partial charge >= 0.3 is 0 Å². The summed E-state index contributed by atoms with van der Waals surface area (Å²) < 4.78 is 38.3. The molecule has 142 valence electrons. The van der Waals surface area contributed by atoms with Crippen molar-refractivity contribution in [2.45, 2.75) is 38.3 Å². The Bertz CT molecular complexity index is 994. The molecule has 0 saturated carbocycles. The molecule has 0 bridgehead atoms. The van der Waals surface area contributed by atoms with Gasteiger partial charge in [-0.25, -0.2) is 13.1 Å². The number of nitrogens with one attached hydrogen (secondary N) is 1. The summed E-state index contributed by atoms with van der Waals surface area (Å²) in [5, 5.41) is 7.86. The van der Waals surface area contributed by atoms with Gasteiger partial charge in [-0.3, -0.25) is 0 Å². The Morgan fingerprint density at radius 1 is 1.04 bits per heavy atom. The minimum absolute atomic E-state index is 0.0193. The number of nitrogens with zero attached hydrogens (tertiary/aromatic N) is 2. The highest BCUT2D eigenvalue weighted by Crippen LogP contribution is 2.19. The van der Waals surface area contributed by atoms with Crippen LogP contribution in [0.25, 0.3) is 11.5 Å². The van der Waals surface area contributed by atoms with Gasteiger partial charge in [0, 0.05) is 5.56 Å². The summed E-state index contributed by atoms with van der Waals surface area (Å²) in [5.74, 6) is 1.15. The molecule has 0 amide bonds. The third kappa shape index (κ3) is 4.93. The van der Waals surface area contributed by atoms with Crippen molar-refractivity contribution in [1.29, 1.82) is 0 Å². The van der Waals surface area contributed by atoms with Crippen molar-refractivity contribution in [3.05, 3.63) is 60.0 Å². The molecule has 27 heavy (non-hydrogen) atoms. The highest BCUT2D eigenvalue weighted by Gasteiger charge is 2.16. The molecule has 0 spiro atoms. The quantitative estimate of drug-likeness (QED) is 0.668. The van der Waals surface area contributed by atoms with Crippen LogP contribution in [0.4, 0.5) is 0 Å². The predicted octanol–water partition coefficient (Wildman–Crippen LogP) is 3.31. The fraction of sp³-hybridized carbons (Fsp3) is 0.263. The van der Waals surface area contributed by atoms with Crippen LogP contribution in [-0.2, 0) is 16.6 Å². The smallest absolute Gasteiger partial charge is 0.247 e. The third-order valence-corrected chi connectivity index (χ3v) is 5.10. The highest BCUT2D eigenvalue weighted by atomic mass is 32.2. The van der Waals surface area contributed by atoms with Crippen LogP contribution in [0.2, 0.25) is 0 Å². The summed E-state index contributed by atoms with van der Waals surface area (Å²) in [5.41, 5.74) is 1.90. The van der Waals surface area contributed by atoms with E-state index in [0.29, 0.717) is 11.6 Å². The van der Waals surface area contributed by atoms with Crippen LogP contribution in [0.15, 0.2) is 57.8 Å². The summed E-state index contributed by atoms with van der Waals surface area (Å²) in [6.07, 6.45) is 0.0193. The van der Waals surface area contributed by atoms with Gasteiger partial charge in [-0.1, -0.05) is 17.7 Å². The van der Waals surface area contributed by atoms with Gasteiger partial charge in [-0.15, -0.1) is 10.2 Å². The first-order chi connectivity index (χ1) is 12.8. The van der Waals surface area contributed by atoms with E-state index in [9.17, 15) is 8.42 Å². The lowest BCUT2D eigenvalue weighted by Gasteiger charge is -2.10. The van der Waals surface area contributed by atoms with E-state index in [0.717, 1.165) is 11.1 Å². The van der Waals surface area contributed by atoms with Gasteiger partial charge in [0.15, 0.2) is 0 Å². The van der Waals surface area contributed by atoms with Gasteiger partial charge in [0.05, 0.1) is 17.5 Å². The van der Waals surface area contributed by atoms with Crippen molar-refractivity contribution in [3.63, 3.8) is 0 Å². The zero-order valence-corrected chi connectivity index (χ0v) is 16.2. The molecule has 0 saturated heterocycles. The minimum atomic E-state index is -3.70. The predicted molar refractivity (Wildman–Crippen MR) is 101 cm³/mol. The van der Waals surface area contributed by atoms with E-state index in [1.807, 2.05) is 45.0 Å². The Labute approximate surface area is 158 Å². The maximum atomic E-state index is 12.4. The van der Waals surface area contributed by atoms with E-state index >= 15 is 0 Å². The number of ether oxygens (including phenoxy) is 1. The van der Waals surface area contributed by atoms with Gasteiger partial charge in [-0.05, 0) is 57.2 Å². The number of hydrogen-bond acceptors (Lipinski definition) is 6. The van der Waals surface area contributed by atoms with Crippen molar-refractivity contribution in [1.82, 2.24) is 14.9 Å². The van der Waals surface area contributed by atoms with E-state index in [-0.39, 0.29) is 23.4 Å². The molecule has 8 heteroatoms. The zero-order valence-electron chi connectivity index (χ0n) is 15.3. The number of benzene rings is 2. The molecule has 0 radical (unpaired) electrons. The van der Waals surface area contributed by atoms with Crippen LogP contribution < -0.4 is 9.46 Å². The van der Waals surface area contributed by atoms with Gasteiger partial charge in [-0.2, -0.15) is 0 Å². The summed E-state index contributed by atoms with van der Waals surface area (Å²) in [6, 6.07) is 13.9. The van der Waals surface area contributed by atoms with Crippen LogP contribution in [0.3, 0.4) is 0 Å². The van der Waals surface area contributed by atoms with Crippen LogP contribution in [0.5, 0.6) is 5.75 Å². The molecule has 2 aromatic carbocycles. The number of sulfonamides is 1. The lowest BCUT2D eigenvalue weighted by atomic mass is 10.1. The van der Waals surface area contributed by atoms with Gasteiger partial charge in [0.25, 0.3) is 0 Å². The molecule has 1 aromatic heterocycles. The Morgan fingerprint density at radius 3 is 2.33 bits per heavy atom. The van der Waals surface area contributed by atoms with Crippen molar-refractivity contribution >= 4 is 10.0 Å². The average Bonchev–Trinajstić information content (AvgIpc) is 3.10. The van der Waals surface area contributed by atoms with Gasteiger partial charge < -0.3 is 9.15 Å². The lowest BCUT2D eigenvalue weighted by Crippen LogP contribution is -2.23. The molecule has 1 heterocycles. The van der Waals surface area contributed by atoms with E-state index in [1.165, 1.54) is 12.1 Å². The van der Waals surface area contributed by atoms with Gasteiger partial charge in [0.2, 0.25) is 21.8 Å². The normalized spacial score (nSPS) is 11.7. The van der Waals surface area contributed by atoms with Crippen molar-refractivity contribution in [2.24, 2.45) is 0 Å². The van der Waals surface area contributed by atoms with E-state index in [1.54, 1.807) is 12.1 Å². The second kappa shape index (κ2) is 7.89. The summed E-state index contributed by atoms with van der Waals surface area (Å²) >= 11 is 0. The fourth-order valence-electron chi connectivity index (χ4n) is 2.35. The maximum absolute atomic E-state index is 12.4. The van der Waals surface area contributed by atoms with Crippen LogP contribution in [0, 0.1) is 6.92 Å². The van der Waals surface area contributed by atoms with Crippen molar-refractivity contribution in [2.75, 3.05) is 0 Å². The van der Waals surface area contributed by atoms with E-state index < -0.39 is 10.0 Å². The maximum Gasteiger partial charge on any atom is 0.247 e. The molecule has 1 N–H and O–H groups in total. The number of aryl methyl sites for hydroxylation is 1. The topological polar surface area (TPSA) is 94.3 Å². The molecule has 0 aliphatic carbocycles. The lowest BCUT2D eigenvalue weighted by molar-refractivity contribution is 0.242. The second-order valence-corrected chi connectivity index (χ2v) is 8.10. The largest absolute Gasteiger partial charge is 0.491 e. The van der Waals surface area contributed by atoms with Crippen molar-refractivity contribution < 1.29 is 17.6 Å². The molecule has 7 nitrogen and oxygen atoms in total. The van der Waals surface area contributed by atoms with E-state index in [4.69, 9.17) is 9.15 Å². The minimum Gasteiger partial charge on any atom is -0.491 e. The van der Waals surface area contributed by atoms with Crippen LogP contribution in [0.1, 0.15) is 25.3 Å². The van der Waals surface area contributed by atoms with Crippen LogP contribution in [-0.4, -0.2) is 24.7 Å². The summed E-state index contributed by atoms with van der Waals surface area (Å²) in [7, 11) is -3.70. The number of aromatic nitrogens is 2. The zero-order chi connectivity index (χ0) is 19.4. The molecule has 0 atom stereocenters. The first-order valence-electron chi connectivity index (χ1n) is 8.49. The molecular formula is C19H21N3O4S. The molecule has 0 aliphatic heterocycles. The highest BCUT2D eigenvalue weighted by molar-refractivity contribution is 7.89. The average molecular weight is 387 g/mol. The Kier molecular flexibility index (Phi) is 5.57. The first kappa shape index (κ1) is 19.1. The molecule has 0 aliphatic rings. The monoisotopic (exact) mass is 387 g/mol. The molecular weight excluding hydrogens is 366 g/mol. The standard InChI is InChI=1S/C19H21N3O4S/c1-13(2)25-16-8-10-17(11-9-16)27(23,24)20-12-18-21-22-19(26-18)15-6-4-14(3)5-7-15/h4-11,13,20H,12H2,1-3H3. The molecule has 0 fully saturated rings. The fourth-order valence-corrected chi connectivity index (χ4v) is 3.32. The first-order valence-corrected chi connectivity index (χ1v) is 9.97. The van der Waals surface area contributed by atoms with Gasteiger partial charge in [0.1, 0.15) is 5.75 Å². The number of hydrogen-bond donors (Lipinski definition) is 1. The SMILES string of the molecule is Cc1ccc(-c2nnc(CNS(=O)(=O)c3ccc(OC(C)C)cc3)o2)cc1. The Balaban J connectivity index is 1.66. The van der Waals surface area contributed by atoms with Crippen molar-refractivity contribution in [3.8, 4) is 17.2 Å². The summed E-state index contributed by atoms with van der Waals surface area (Å²) in [6.45, 7) is 5.70. The molecule has 0 unspecified atom stereocenters. The molecule has 3 aromatic rings. The summed E-state index contributed by atoms with van der Waals surface area (Å²) in [4.78, 5) is 0.136.